The molecule has 8 N–H and O–H groups in total. The standard InChI is InChI=1S/2C26H18N4O12S2.4Na/c2*31-21-7-3-13(9-19(21)25(33)34)27-29-15-1-5-17(23(11-15)43(37,38)39)18-6-2-16(12-24(18)44(40,41)42)30-28-14-4-8-22(32)20(10-14)26(35)36;;;;/h2*1-12,31-32H,(H,33,34)(H,35,36)(H,37,38,39)(H,40,41,42);;;;/q;;4*+1/p-4/b2*29-27+,30-28+;;;;. The van der Waals surface area contributed by atoms with Crippen molar-refractivity contribution in [2.75, 3.05) is 0 Å². The summed E-state index contributed by atoms with van der Waals surface area (Å²) in [6, 6.07) is 24.9. The third-order valence-corrected chi connectivity index (χ3v) is 15.1. The zero-order chi connectivity index (χ0) is 64.8. The van der Waals surface area contributed by atoms with Gasteiger partial charge in [0.2, 0.25) is 0 Å². The van der Waals surface area contributed by atoms with Gasteiger partial charge in [-0.05, 0) is 121 Å². The first-order chi connectivity index (χ1) is 41.1. The van der Waals surface area contributed by atoms with Crippen molar-refractivity contribution in [3.63, 3.8) is 0 Å². The molecule has 0 aliphatic heterocycles. The number of benzene rings is 8. The van der Waals surface area contributed by atoms with Gasteiger partial charge in [0, 0.05) is 44.5 Å². The molecule has 0 saturated carbocycles. The Hall–Kier alpha value is -7.12. The van der Waals surface area contributed by atoms with E-state index in [0.29, 0.717) is 0 Å². The summed E-state index contributed by atoms with van der Waals surface area (Å²) in [4.78, 5) is 41.1. The maximum absolute atomic E-state index is 12.3. The van der Waals surface area contributed by atoms with Gasteiger partial charge in [-0.3, -0.25) is 18.2 Å². The minimum absolute atomic E-state index is 0. The van der Waals surface area contributed by atoms with Crippen molar-refractivity contribution < 1.29 is 230 Å². The quantitative estimate of drug-likeness (QED) is 0.0225. The zero-order valence-electron chi connectivity index (χ0n) is 47.2. The van der Waals surface area contributed by atoms with E-state index >= 15 is 0 Å². The van der Waals surface area contributed by atoms with Crippen LogP contribution in [0.1, 0.15) is 41.4 Å². The van der Waals surface area contributed by atoms with Crippen LogP contribution in [0.25, 0.3) is 22.3 Å². The number of nitrogens with zero attached hydrogens (tertiary/aromatic N) is 8. The number of carbonyl (C=O) groups excluding carboxylic acids is 4. The normalized spacial score (nSPS) is 11.6. The van der Waals surface area contributed by atoms with Gasteiger partial charge in [0.1, 0.15) is 42.6 Å². The Morgan fingerprint density at radius 2 is 0.402 bits per heavy atom. The largest absolute Gasteiger partial charge is 1.00 e. The van der Waals surface area contributed by atoms with Crippen molar-refractivity contribution in [2.45, 2.75) is 19.6 Å². The van der Waals surface area contributed by atoms with E-state index in [-0.39, 0.29) is 186 Å². The van der Waals surface area contributed by atoms with E-state index in [1.807, 2.05) is 0 Å². The molecule has 0 radical (unpaired) electrons. The summed E-state index contributed by atoms with van der Waals surface area (Å²) in [5, 5.41) is 113. The summed E-state index contributed by atoms with van der Waals surface area (Å²) in [6.45, 7) is 0. The van der Waals surface area contributed by atoms with Crippen LogP contribution >= 0.6 is 0 Å². The number of rotatable bonds is 18. The number of aromatic hydroxyl groups is 4. The zero-order valence-corrected chi connectivity index (χ0v) is 58.4. The fourth-order valence-electron chi connectivity index (χ4n) is 7.50. The molecule has 0 amide bonds. The summed E-state index contributed by atoms with van der Waals surface area (Å²) in [6.07, 6.45) is 0. The van der Waals surface area contributed by atoms with E-state index in [2.05, 4.69) is 40.9 Å². The van der Waals surface area contributed by atoms with E-state index in [1.165, 1.54) is 48.5 Å². The monoisotopic (exact) mass is 1370 g/mol. The summed E-state index contributed by atoms with van der Waals surface area (Å²) >= 11 is 0. The molecule has 32 nitrogen and oxygen atoms in total. The molecule has 0 aliphatic rings. The predicted molar refractivity (Wildman–Crippen MR) is 289 cm³/mol. The minimum atomic E-state index is -5.06. The molecular formula is C52H32N8Na4O24S4. The van der Waals surface area contributed by atoms with Gasteiger partial charge >= 0.3 is 118 Å². The van der Waals surface area contributed by atoms with Crippen molar-refractivity contribution in [3.05, 3.63) is 168 Å². The number of carboxylic acid groups (broad SMARTS) is 4. The van der Waals surface area contributed by atoms with Crippen LogP contribution in [0.2, 0.25) is 0 Å². The van der Waals surface area contributed by atoms with Crippen LogP contribution in [0.4, 0.5) is 45.5 Å². The summed E-state index contributed by atoms with van der Waals surface area (Å²) in [5.74, 6) is -9.11. The second kappa shape index (κ2) is 32.6. The van der Waals surface area contributed by atoms with Crippen LogP contribution in [0.3, 0.4) is 0 Å². The topological polar surface area (TPSA) is 558 Å². The maximum Gasteiger partial charge on any atom is 1.00 e. The van der Waals surface area contributed by atoms with Crippen molar-refractivity contribution in [1.29, 1.82) is 0 Å². The molecule has 0 unspecified atom stereocenters. The summed E-state index contributed by atoms with van der Waals surface area (Å²) in [5.41, 5.74) is -4.89. The Bertz CT molecular complexity index is 4250. The number of phenols is 4. The first-order valence-corrected chi connectivity index (χ1v) is 29.2. The molecule has 92 heavy (non-hydrogen) atoms. The second-order valence-corrected chi connectivity index (χ2v) is 22.9. The molecule has 0 spiro atoms. The van der Waals surface area contributed by atoms with Gasteiger partial charge in [-0.2, -0.15) is 74.6 Å². The average molecular weight is 1370 g/mol. The van der Waals surface area contributed by atoms with E-state index in [4.69, 9.17) is 0 Å². The number of hydrogen-bond donors (Lipinski definition) is 8. The fraction of sp³-hybridized carbons (Fsp3) is 0. The molecule has 8 rings (SSSR count). The Morgan fingerprint density at radius 1 is 0.261 bits per heavy atom. The van der Waals surface area contributed by atoms with Crippen molar-refractivity contribution >= 4 is 110 Å². The summed E-state index contributed by atoms with van der Waals surface area (Å²) in [7, 11) is -20.2. The van der Waals surface area contributed by atoms with E-state index in [1.54, 1.807) is 0 Å². The van der Waals surface area contributed by atoms with Gasteiger partial charge in [-0.1, -0.05) is 24.3 Å². The number of aromatic carboxylic acids is 4. The first-order valence-electron chi connectivity index (χ1n) is 23.4. The second-order valence-electron chi connectivity index (χ2n) is 17.4. The molecule has 0 heterocycles. The molecule has 8 aromatic carbocycles. The van der Waals surface area contributed by atoms with E-state index < -0.39 is 129 Å². The summed E-state index contributed by atoms with van der Waals surface area (Å²) < 4.78 is 138. The molecular weight excluding hydrogens is 1340 g/mol. The van der Waals surface area contributed by atoms with Gasteiger partial charge in [0.05, 0.1) is 69.4 Å². The Morgan fingerprint density at radius 3 is 0.543 bits per heavy atom. The number of azo groups is 4. The number of carboxylic acids is 4. The number of carbonyl (C=O) groups is 4. The molecule has 0 saturated heterocycles. The Kier molecular flexibility index (Phi) is 28.1. The molecule has 0 fully saturated rings. The van der Waals surface area contributed by atoms with Crippen LogP contribution in [-0.4, -0.2) is 96.2 Å². The van der Waals surface area contributed by atoms with Crippen molar-refractivity contribution in [2.24, 2.45) is 40.9 Å². The van der Waals surface area contributed by atoms with Crippen molar-refractivity contribution in [1.82, 2.24) is 0 Å². The molecule has 0 atom stereocenters. The maximum atomic E-state index is 12.3. The molecule has 8 aromatic rings. The van der Waals surface area contributed by atoms with Crippen LogP contribution < -0.4 is 139 Å². The van der Waals surface area contributed by atoms with Crippen LogP contribution in [0.5, 0.6) is 23.0 Å². The van der Waals surface area contributed by atoms with Gasteiger partial charge in [0.25, 0.3) is 40.5 Å². The first kappa shape index (κ1) is 79.1. The van der Waals surface area contributed by atoms with Crippen LogP contribution in [-0.2, 0) is 40.5 Å². The SMILES string of the molecule is O=C([O-])c1cc(/N=N/c2ccc(-c3ccc(/N=N/c4ccc(O)c(C(=O)[O-])c4)cc3S(=O)(=O)O)c(S(=O)(=O)O)c2)ccc1O.O=C([O-])c1cc(/N=N/c2ccc(-c3ccc(/N=N/c4ccc(O)c(C(=O)[O-])c4)cc3S(=O)(=O)O)c(S(=O)(=O)O)c2)ccc1O.[Na+].[Na+].[Na+].[Na+]. The van der Waals surface area contributed by atoms with Crippen LogP contribution in [0, 0.1) is 0 Å². The fourth-order valence-corrected chi connectivity index (χ4v) is 10.4. The Balaban J connectivity index is 0.000000460. The third-order valence-electron chi connectivity index (χ3n) is 11.5. The molecule has 40 heteroatoms. The van der Waals surface area contributed by atoms with Gasteiger partial charge in [0.15, 0.2) is 0 Å². The minimum Gasteiger partial charge on any atom is -0.545 e. The molecule has 0 aliphatic carbocycles. The van der Waals surface area contributed by atoms with E-state index in [0.717, 1.165) is 97.1 Å². The van der Waals surface area contributed by atoms with E-state index in [9.17, 15) is 112 Å². The molecule has 452 valence electrons. The third kappa shape index (κ3) is 20.4. The number of hydrogen-bond acceptors (Lipinski definition) is 28. The molecule has 0 aromatic heterocycles. The van der Waals surface area contributed by atoms with Gasteiger partial charge < -0.3 is 60.0 Å². The molecule has 0 bridgehead atoms. The predicted octanol–water partition coefficient (Wildman–Crippen LogP) is -6.35. The smallest absolute Gasteiger partial charge is 0.545 e. The van der Waals surface area contributed by atoms with Crippen molar-refractivity contribution in [3.8, 4) is 45.3 Å². The average Bonchev–Trinajstić information content (AvgIpc) is 0.813. The van der Waals surface area contributed by atoms with Gasteiger partial charge in [-0.15, -0.1) is 0 Å². The van der Waals surface area contributed by atoms with Gasteiger partial charge in [-0.25, -0.2) is 0 Å². The van der Waals surface area contributed by atoms with Crippen LogP contribution in [0.15, 0.2) is 206 Å². The Labute approximate surface area is 606 Å².